The molecule has 5 heteroatoms. The van der Waals surface area contributed by atoms with E-state index in [4.69, 9.17) is 5.11 Å². The fraction of sp³-hybridized carbons (Fsp3) is 0.700. The molecule has 0 radical (unpaired) electrons. The number of urea groups is 1. The number of aliphatic hydroxyl groups excluding tert-OH is 1. The third kappa shape index (κ3) is 4.13. The van der Waals surface area contributed by atoms with Crippen LogP contribution in [0.25, 0.3) is 0 Å². The minimum atomic E-state index is -0.257. The maximum atomic E-state index is 11.4. The van der Waals surface area contributed by atoms with Crippen molar-refractivity contribution in [3.8, 4) is 0 Å². The highest BCUT2D eigenvalue weighted by atomic mass is 32.1. The van der Waals surface area contributed by atoms with Crippen molar-refractivity contribution in [1.82, 2.24) is 9.62 Å². The smallest absolute Gasteiger partial charge is 0.327 e. The van der Waals surface area contributed by atoms with Gasteiger partial charge in [-0.1, -0.05) is 31.4 Å². The quantitative estimate of drug-likeness (QED) is 0.502. The summed E-state index contributed by atoms with van der Waals surface area (Å²) in [6.45, 7) is 2.93. The van der Waals surface area contributed by atoms with Crippen molar-refractivity contribution < 1.29 is 9.90 Å². The number of allylic oxidation sites excluding steroid dienone is 1. The van der Waals surface area contributed by atoms with E-state index in [-0.39, 0.29) is 19.2 Å². The van der Waals surface area contributed by atoms with Gasteiger partial charge in [-0.15, -0.1) is 0 Å². The van der Waals surface area contributed by atoms with Crippen LogP contribution in [0.4, 0.5) is 4.79 Å². The van der Waals surface area contributed by atoms with Crippen LogP contribution < -0.4 is 5.32 Å². The largest absolute Gasteiger partial charge is 0.394 e. The normalized spacial score (nSPS) is 19.9. The summed E-state index contributed by atoms with van der Waals surface area (Å²) in [7, 11) is 0. The Labute approximate surface area is 95.9 Å². The first-order valence-electron chi connectivity index (χ1n) is 5.18. The van der Waals surface area contributed by atoms with Crippen molar-refractivity contribution in [3.05, 3.63) is 11.6 Å². The molecular weight excluding hydrogens is 212 g/mol. The van der Waals surface area contributed by atoms with Gasteiger partial charge >= 0.3 is 6.03 Å². The number of aliphatic hydroxyl groups is 1. The second kappa shape index (κ2) is 6.02. The summed E-state index contributed by atoms with van der Waals surface area (Å²) in [5.41, 5.74) is 1.28. The number of hydrogen-bond donors (Lipinski definition) is 3. The Bertz CT molecular complexity index is 256. The number of rotatable bonds is 4. The fourth-order valence-corrected chi connectivity index (χ4v) is 1.77. The van der Waals surface area contributed by atoms with Crippen molar-refractivity contribution in [2.45, 2.75) is 19.8 Å². The second-order valence-electron chi connectivity index (χ2n) is 3.85. The van der Waals surface area contributed by atoms with E-state index in [1.807, 2.05) is 0 Å². The number of amides is 2. The fourth-order valence-electron chi connectivity index (χ4n) is 1.61. The van der Waals surface area contributed by atoms with Crippen LogP contribution in [0.1, 0.15) is 19.8 Å². The van der Waals surface area contributed by atoms with E-state index in [1.165, 1.54) is 16.3 Å². The Morgan fingerprint density at radius 3 is 3.07 bits per heavy atom. The molecule has 1 unspecified atom stereocenters. The van der Waals surface area contributed by atoms with E-state index < -0.39 is 0 Å². The lowest BCUT2D eigenvalue weighted by Crippen LogP contribution is -2.36. The molecule has 15 heavy (non-hydrogen) atoms. The molecule has 0 heterocycles. The van der Waals surface area contributed by atoms with Gasteiger partial charge in [-0.25, -0.2) is 4.79 Å². The minimum absolute atomic E-state index is 0.0728. The van der Waals surface area contributed by atoms with Gasteiger partial charge in [0.2, 0.25) is 0 Å². The molecule has 0 spiro atoms. The predicted octanol–water partition coefficient (Wildman–Crippen LogP) is 1.19. The zero-order chi connectivity index (χ0) is 11.3. The third-order valence-electron chi connectivity index (χ3n) is 2.45. The summed E-state index contributed by atoms with van der Waals surface area (Å²) in [6, 6.07) is -0.257. The predicted molar refractivity (Wildman–Crippen MR) is 62.7 cm³/mol. The maximum absolute atomic E-state index is 11.4. The molecule has 2 N–H and O–H groups in total. The number of carbonyl (C=O) groups excluding carboxylic acids is 1. The molecular formula is C10H18N2O2S. The number of carbonyl (C=O) groups is 1. The summed E-state index contributed by atoms with van der Waals surface area (Å²) in [6.07, 6.45) is 4.44. The Hall–Kier alpha value is -0.680. The van der Waals surface area contributed by atoms with Crippen LogP contribution in [0.2, 0.25) is 0 Å². The first-order chi connectivity index (χ1) is 7.13. The lowest BCUT2D eigenvalue weighted by Gasteiger charge is -2.15. The van der Waals surface area contributed by atoms with Crippen molar-refractivity contribution in [3.63, 3.8) is 0 Å². The number of nitrogens with one attached hydrogen (secondary N) is 1. The number of hydrogen-bond acceptors (Lipinski definition) is 3. The van der Waals surface area contributed by atoms with Crippen LogP contribution in [-0.2, 0) is 0 Å². The Morgan fingerprint density at radius 2 is 2.53 bits per heavy atom. The lowest BCUT2D eigenvalue weighted by molar-refractivity contribution is 0.214. The summed E-state index contributed by atoms with van der Waals surface area (Å²) in [5, 5.41) is 11.4. The van der Waals surface area contributed by atoms with E-state index in [0.717, 1.165) is 6.42 Å². The molecule has 2 amide bonds. The van der Waals surface area contributed by atoms with Crippen LogP contribution >= 0.6 is 12.8 Å². The van der Waals surface area contributed by atoms with E-state index >= 15 is 0 Å². The monoisotopic (exact) mass is 230 g/mol. The molecule has 1 aliphatic rings. The summed E-state index contributed by atoms with van der Waals surface area (Å²) in [4.78, 5) is 11.4. The van der Waals surface area contributed by atoms with Crippen LogP contribution in [0.5, 0.6) is 0 Å². The van der Waals surface area contributed by atoms with E-state index in [2.05, 4.69) is 31.1 Å². The molecule has 0 aliphatic heterocycles. The van der Waals surface area contributed by atoms with Crippen molar-refractivity contribution in [2.75, 3.05) is 19.7 Å². The van der Waals surface area contributed by atoms with Crippen molar-refractivity contribution in [1.29, 1.82) is 0 Å². The van der Waals surface area contributed by atoms with Crippen LogP contribution in [0, 0.1) is 5.92 Å². The topological polar surface area (TPSA) is 52.6 Å². The van der Waals surface area contributed by atoms with Crippen LogP contribution in [0.3, 0.4) is 0 Å². The van der Waals surface area contributed by atoms with Gasteiger partial charge in [-0.2, -0.15) is 0 Å². The van der Waals surface area contributed by atoms with Gasteiger partial charge in [-0.05, 0) is 18.8 Å². The molecule has 0 fully saturated rings. The van der Waals surface area contributed by atoms with E-state index in [0.29, 0.717) is 12.5 Å². The van der Waals surface area contributed by atoms with Gasteiger partial charge in [0, 0.05) is 6.54 Å². The van der Waals surface area contributed by atoms with Crippen molar-refractivity contribution >= 4 is 18.8 Å². The summed E-state index contributed by atoms with van der Waals surface area (Å²) >= 11 is 3.94. The molecule has 0 aromatic carbocycles. The summed E-state index contributed by atoms with van der Waals surface area (Å²) < 4.78 is 1.18. The molecule has 0 saturated heterocycles. The average Bonchev–Trinajstić information content (AvgIpc) is 2.61. The van der Waals surface area contributed by atoms with Gasteiger partial charge in [0.05, 0.1) is 13.2 Å². The van der Waals surface area contributed by atoms with E-state index in [9.17, 15) is 4.79 Å². The van der Waals surface area contributed by atoms with Gasteiger partial charge in [0.15, 0.2) is 0 Å². The molecule has 0 bridgehead atoms. The standard InChI is InChI=1S/C10H18N2O2S/c1-8-2-3-9(6-8)7-11-10(14)12(15)4-5-13/h6,8,13,15H,2-5,7H2,1H3,(H,11,14). The highest BCUT2D eigenvalue weighted by Crippen LogP contribution is 2.22. The van der Waals surface area contributed by atoms with E-state index in [1.54, 1.807) is 0 Å². The molecule has 4 nitrogen and oxygen atoms in total. The number of thiol groups is 1. The molecule has 86 valence electrons. The zero-order valence-corrected chi connectivity index (χ0v) is 9.83. The first kappa shape index (κ1) is 12.4. The highest BCUT2D eigenvalue weighted by Gasteiger charge is 2.13. The highest BCUT2D eigenvalue weighted by molar-refractivity contribution is 7.78. The second-order valence-corrected chi connectivity index (χ2v) is 4.33. The Morgan fingerprint density at radius 1 is 1.80 bits per heavy atom. The molecule has 0 saturated carbocycles. The number of nitrogens with zero attached hydrogens (tertiary/aromatic N) is 1. The SMILES string of the molecule is CC1C=C(CNC(=O)N(S)CCO)CC1. The average molecular weight is 230 g/mol. The van der Waals surface area contributed by atoms with Gasteiger partial charge in [0.1, 0.15) is 0 Å². The maximum Gasteiger partial charge on any atom is 0.327 e. The van der Waals surface area contributed by atoms with Gasteiger partial charge in [0.25, 0.3) is 0 Å². The third-order valence-corrected chi connectivity index (χ3v) is 2.84. The molecule has 0 aromatic heterocycles. The van der Waals surface area contributed by atoms with Crippen LogP contribution in [0.15, 0.2) is 11.6 Å². The minimum Gasteiger partial charge on any atom is -0.394 e. The lowest BCUT2D eigenvalue weighted by atomic mass is 10.2. The zero-order valence-electron chi connectivity index (χ0n) is 8.94. The van der Waals surface area contributed by atoms with Crippen molar-refractivity contribution in [2.24, 2.45) is 5.92 Å². The van der Waals surface area contributed by atoms with Gasteiger partial charge < -0.3 is 10.4 Å². The van der Waals surface area contributed by atoms with Gasteiger partial charge in [-0.3, -0.25) is 4.31 Å². The Kier molecular flexibility index (Phi) is 4.98. The molecule has 1 atom stereocenters. The van der Waals surface area contributed by atoms with Crippen LogP contribution in [-0.4, -0.2) is 35.1 Å². The molecule has 1 aliphatic carbocycles. The first-order valence-corrected chi connectivity index (χ1v) is 5.58. The Balaban J connectivity index is 2.25. The molecule has 0 aromatic rings. The molecule has 1 rings (SSSR count). The summed E-state index contributed by atoms with van der Waals surface area (Å²) in [5.74, 6) is 0.626.